The molecule has 1 N–H and O–H groups in total. The first-order chi connectivity index (χ1) is 9.16. The van der Waals surface area contributed by atoms with Crippen LogP contribution >= 0.6 is 0 Å². The van der Waals surface area contributed by atoms with Crippen molar-refractivity contribution in [1.29, 1.82) is 0 Å². The molecule has 1 saturated heterocycles. The predicted molar refractivity (Wildman–Crippen MR) is 74.9 cm³/mol. The van der Waals surface area contributed by atoms with E-state index in [1.54, 1.807) is 0 Å². The molecule has 0 atom stereocenters. The van der Waals surface area contributed by atoms with Crippen molar-refractivity contribution in [3.8, 4) is 0 Å². The van der Waals surface area contributed by atoms with E-state index in [-0.39, 0.29) is 0 Å². The standard InChI is InChI=1S/C15H16N2O2/c1-10-4-5-13-11(8-10)14(17-6-2-3-7-17)12(9-16-13)15(18)19/h4-5,8-9H,2-3,6-7H2,1H3,(H,18,19). The number of carboxylic acid groups (broad SMARTS) is 1. The summed E-state index contributed by atoms with van der Waals surface area (Å²) < 4.78 is 0. The van der Waals surface area contributed by atoms with Gasteiger partial charge in [-0.15, -0.1) is 0 Å². The highest BCUT2D eigenvalue weighted by Gasteiger charge is 2.22. The van der Waals surface area contributed by atoms with Gasteiger partial charge in [0.05, 0.1) is 11.2 Å². The predicted octanol–water partition coefficient (Wildman–Crippen LogP) is 2.84. The van der Waals surface area contributed by atoms with Gasteiger partial charge >= 0.3 is 5.97 Å². The topological polar surface area (TPSA) is 53.4 Å². The van der Waals surface area contributed by atoms with Gasteiger partial charge in [-0.25, -0.2) is 4.79 Å². The average Bonchev–Trinajstić information content (AvgIpc) is 2.90. The maximum absolute atomic E-state index is 11.4. The minimum Gasteiger partial charge on any atom is -0.478 e. The molecule has 2 heterocycles. The first-order valence-electron chi connectivity index (χ1n) is 6.54. The van der Waals surface area contributed by atoms with Gasteiger partial charge in [0.25, 0.3) is 0 Å². The van der Waals surface area contributed by atoms with Gasteiger partial charge < -0.3 is 10.0 Å². The zero-order valence-electron chi connectivity index (χ0n) is 10.9. The van der Waals surface area contributed by atoms with Crippen LogP contribution in [0.4, 0.5) is 5.69 Å². The quantitative estimate of drug-likeness (QED) is 0.897. The van der Waals surface area contributed by atoms with E-state index in [9.17, 15) is 9.90 Å². The minimum absolute atomic E-state index is 0.306. The van der Waals surface area contributed by atoms with Crippen molar-refractivity contribution in [2.24, 2.45) is 0 Å². The van der Waals surface area contributed by atoms with Gasteiger partial charge in [0.1, 0.15) is 5.56 Å². The van der Waals surface area contributed by atoms with E-state index >= 15 is 0 Å². The molecular formula is C15H16N2O2. The molecule has 1 aromatic carbocycles. The summed E-state index contributed by atoms with van der Waals surface area (Å²) in [6.07, 6.45) is 3.72. The molecule has 0 amide bonds. The van der Waals surface area contributed by atoms with Crippen LogP contribution < -0.4 is 4.90 Å². The number of fused-ring (bicyclic) bond motifs is 1. The third kappa shape index (κ3) is 2.03. The zero-order chi connectivity index (χ0) is 13.4. The second-order valence-corrected chi connectivity index (χ2v) is 5.04. The molecule has 98 valence electrons. The monoisotopic (exact) mass is 256 g/mol. The van der Waals surface area contributed by atoms with Crippen LogP contribution in [-0.2, 0) is 0 Å². The van der Waals surface area contributed by atoms with Gasteiger partial charge in [0.15, 0.2) is 0 Å². The van der Waals surface area contributed by atoms with Gasteiger partial charge in [0, 0.05) is 24.7 Å². The van der Waals surface area contributed by atoms with Crippen LogP contribution in [0.25, 0.3) is 10.9 Å². The number of hydrogen-bond acceptors (Lipinski definition) is 3. The van der Waals surface area contributed by atoms with E-state index < -0.39 is 5.97 Å². The molecule has 4 heteroatoms. The molecular weight excluding hydrogens is 240 g/mol. The fourth-order valence-corrected chi connectivity index (χ4v) is 2.73. The minimum atomic E-state index is -0.905. The van der Waals surface area contributed by atoms with E-state index in [2.05, 4.69) is 9.88 Å². The summed E-state index contributed by atoms with van der Waals surface area (Å²) in [4.78, 5) is 17.9. The summed E-state index contributed by atoms with van der Waals surface area (Å²) in [5.74, 6) is -0.905. The lowest BCUT2D eigenvalue weighted by Crippen LogP contribution is -2.21. The molecule has 1 aliphatic heterocycles. The maximum atomic E-state index is 11.4. The highest BCUT2D eigenvalue weighted by atomic mass is 16.4. The molecule has 0 radical (unpaired) electrons. The number of pyridine rings is 1. The van der Waals surface area contributed by atoms with Crippen LogP contribution in [0.15, 0.2) is 24.4 Å². The van der Waals surface area contributed by atoms with Crippen molar-refractivity contribution in [2.45, 2.75) is 19.8 Å². The highest BCUT2D eigenvalue weighted by Crippen LogP contribution is 2.32. The Kier molecular flexibility index (Phi) is 2.85. The molecule has 19 heavy (non-hydrogen) atoms. The number of rotatable bonds is 2. The number of aromatic carboxylic acids is 1. The third-order valence-electron chi connectivity index (χ3n) is 3.65. The zero-order valence-corrected chi connectivity index (χ0v) is 10.9. The van der Waals surface area contributed by atoms with Crippen LogP contribution in [0.5, 0.6) is 0 Å². The maximum Gasteiger partial charge on any atom is 0.339 e. The summed E-state index contributed by atoms with van der Waals surface area (Å²) in [6, 6.07) is 5.99. The van der Waals surface area contributed by atoms with Crippen molar-refractivity contribution >= 4 is 22.6 Å². The van der Waals surface area contributed by atoms with E-state index in [1.165, 1.54) is 6.20 Å². The Morgan fingerprint density at radius 2 is 2.05 bits per heavy atom. The summed E-state index contributed by atoms with van der Waals surface area (Å²) in [7, 11) is 0. The Hall–Kier alpha value is -2.10. The lowest BCUT2D eigenvalue weighted by atomic mass is 10.1. The first kappa shape index (κ1) is 12.0. The highest BCUT2D eigenvalue weighted by molar-refractivity contribution is 6.04. The summed E-state index contributed by atoms with van der Waals surface area (Å²) in [5.41, 5.74) is 3.12. The molecule has 0 bridgehead atoms. The Balaban J connectivity index is 2.30. The molecule has 1 aromatic heterocycles. The van der Waals surface area contributed by atoms with Crippen LogP contribution in [0.3, 0.4) is 0 Å². The lowest BCUT2D eigenvalue weighted by Gasteiger charge is -2.22. The Labute approximate surface area is 111 Å². The Bertz CT molecular complexity index is 646. The van der Waals surface area contributed by atoms with E-state index in [0.29, 0.717) is 5.56 Å². The van der Waals surface area contributed by atoms with Crippen molar-refractivity contribution in [1.82, 2.24) is 4.98 Å². The number of carboxylic acids is 1. The largest absolute Gasteiger partial charge is 0.478 e. The van der Waals surface area contributed by atoms with E-state index in [4.69, 9.17) is 0 Å². The molecule has 0 aliphatic carbocycles. The molecule has 2 aromatic rings. The number of nitrogens with zero attached hydrogens (tertiary/aromatic N) is 2. The fourth-order valence-electron chi connectivity index (χ4n) is 2.73. The average molecular weight is 256 g/mol. The van der Waals surface area contributed by atoms with Crippen LogP contribution in [-0.4, -0.2) is 29.1 Å². The Morgan fingerprint density at radius 1 is 1.32 bits per heavy atom. The molecule has 1 fully saturated rings. The van der Waals surface area contributed by atoms with Crippen LogP contribution in [0.1, 0.15) is 28.8 Å². The lowest BCUT2D eigenvalue weighted by molar-refractivity contribution is 0.0697. The number of aromatic nitrogens is 1. The second kappa shape index (κ2) is 4.53. The third-order valence-corrected chi connectivity index (χ3v) is 3.65. The number of hydrogen-bond donors (Lipinski definition) is 1. The van der Waals surface area contributed by atoms with Gasteiger partial charge in [0.2, 0.25) is 0 Å². The SMILES string of the molecule is Cc1ccc2ncc(C(=O)O)c(N3CCCC3)c2c1. The van der Waals surface area contributed by atoms with Crippen molar-refractivity contribution in [3.63, 3.8) is 0 Å². The molecule has 3 rings (SSSR count). The van der Waals surface area contributed by atoms with Crippen molar-refractivity contribution in [3.05, 3.63) is 35.5 Å². The summed E-state index contributed by atoms with van der Waals surface area (Å²) >= 11 is 0. The summed E-state index contributed by atoms with van der Waals surface area (Å²) in [5, 5.41) is 10.3. The number of aryl methyl sites for hydroxylation is 1. The van der Waals surface area contributed by atoms with Crippen LogP contribution in [0.2, 0.25) is 0 Å². The Morgan fingerprint density at radius 3 is 2.74 bits per heavy atom. The second-order valence-electron chi connectivity index (χ2n) is 5.04. The first-order valence-corrected chi connectivity index (χ1v) is 6.54. The molecule has 0 spiro atoms. The van der Waals surface area contributed by atoms with Gasteiger partial charge in [-0.3, -0.25) is 4.98 Å². The smallest absolute Gasteiger partial charge is 0.339 e. The van der Waals surface area contributed by atoms with Crippen molar-refractivity contribution in [2.75, 3.05) is 18.0 Å². The molecule has 0 saturated carbocycles. The van der Waals surface area contributed by atoms with E-state index in [1.807, 2.05) is 25.1 Å². The normalized spacial score (nSPS) is 15.1. The number of benzene rings is 1. The van der Waals surface area contributed by atoms with E-state index in [0.717, 1.165) is 48.1 Å². The van der Waals surface area contributed by atoms with Gasteiger partial charge in [-0.1, -0.05) is 11.6 Å². The van der Waals surface area contributed by atoms with Crippen molar-refractivity contribution < 1.29 is 9.90 Å². The molecule has 0 unspecified atom stereocenters. The molecule has 4 nitrogen and oxygen atoms in total. The van der Waals surface area contributed by atoms with Gasteiger partial charge in [-0.05, 0) is 31.9 Å². The summed E-state index contributed by atoms with van der Waals surface area (Å²) in [6.45, 7) is 3.86. The molecule has 1 aliphatic rings. The number of carbonyl (C=O) groups is 1. The number of anilines is 1. The van der Waals surface area contributed by atoms with Gasteiger partial charge in [-0.2, -0.15) is 0 Å². The fraction of sp³-hybridized carbons (Fsp3) is 0.333. The van der Waals surface area contributed by atoms with Crippen LogP contribution in [0, 0.1) is 6.92 Å².